The standard InChI is InChI=1S/C20H24N2O5S/c1-12(2)17(18(23)21-16(11-28)19(24)25)22-20(26)27-10-13-7-8-14-5-3-4-6-15(14)9-13/h3-9,12,16-17,28H,10-11H2,1-2H3,(H,21,23)(H,22,26)(H,24,25)/t16-,17-/m0/s1. The number of aliphatic carboxylic acids is 1. The van der Waals surface area contributed by atoms with Gasteiger partial charge in [-0.15, -0.1) is 0 Å². The molecule has 7 nitrogen and oxygen atoms in total. The van der Waals surface area contributed by atoms with Gasteiger partial charge in [-0.1, -0.05) is 50.2 Å². The molecule has 0 radical (unpaired) electrons. The van der Waals surface area contributed by atoms with Gasteiger partial charge < -0.3 is 20.5 Å². The van der Waals surface area contributed by atoms with Crippen molar-refractivity contribution in [1.82, 2.24) is 10.6 Å². The lowest BCUT2D eigenvalue weighted by atomic mass is 10.0. The number of alkyl carbamates (subject to hydrolysis) is 1. The van der Waals surface area contributed by atoms with Crippen LogP contribution in [0.5, 0.6) is 0 Å². The van der Waals surface area contributed by atoms with Crippen LogP contribution in [0.4, 0.5) is 4.79 Å². The van der Waals surface area contributed by atoms with E-state index >= 15 is 0 Å². The second kappa shape index (κ2) is 9.98. The van der Waals surface area contributed by atoms with Crippen LogP contribution in [0.15, 0.2) is 42.5 Å². The van der Waals surface area contributed by atoms with E-state index in [2.05, 4.69) is 23.3 Å². The lowest BCUT2D eigenvalue weighted by molar-refractivity contribution is -0.141. The average Bonchev–Trinajstić information content (AvgIpc) is 2.67. The van der Waals surface area contributed by atoms with E-state index in [4.69, 9.17) is 9.84 Å². The Morgan fingerprint density at radius 2 is 1.75 bits per heavy atom. The van der Waals surface area contributed by atoms with Crippen LogP contribution in [0.25, 0.3) is 10.8 Å². The van der Waals surface area contributed by atoms with Crippen LogP contribution in [0.3, 0.4) is 0 Å². The first-order valence-corrected chi connectivity index (χ1v) is 9.50. The van der Waals surface area contributed by atoms with Gasteiger partial charge in [-0.05, 0) is 28.3 Å². The number of benzene rings is 2. The lowest BCUT2D eigenvalue weighted by Crippen LogP contribution is -2.54. The third kappa shape index (κ3) is 5.88. The summed E-state index contributed by atoms with van der Waals surface area (Å²) in [6.07, 6.45) is -0.750. The van der Waals surface area contributed by atoms with E-state index in [1.165, 1.54) is 0 Å². The molecule has 0 saturated carbocycles. The van der Waals surface area contributed by atoms with Crippen molar-refractivity contribution in [2.75, 3.05) is 5.75 Å². The molecule has 3 N–H and O–H groups in total. The highest BCUT2D eigenvalue weighted by atomic mass is 32.1. The molecule has 2 aromatic carbocycles. The van der Waals surface area contributed by atoms with Gasteiger partial charge in [0.25, 0.3) is 0 Å². The number of ether oxygens (including phenoxy) is 1. The summed E-state index contributed by atoms with van der Waals surface area (Å²) in [5, 5.41) is 16.0. The molecule has 28 heavy (non-hydrogen) atoms. The Morgan fingerprint density at radius 1 is 1.07 bits per heavy atom. The molecule has 8 heteroatoms. The number of hydrogen-bond acceptors (Lipinski definition) is 5. The van der Waals surface area contributed by atoms with Crippen molar-refractivity contribution in [2.24, 2.45) is 5.92 Å². The largest absolute Gasteiger partial charge is 0.480 e. The summed E-state index contributed by atoms with van der Waals surface area (Å²) in [5.74, 6) is -2.11. The predicted octanol–water partition coefficient (Wildman–Crippen LogP) is 2.59. The Kier molecular flexibility index (Phi) is 7.69. The second-order valence-electron chi connectivity index (χ2n) is 6.71. The van der Waals surface area contributed by atoms with Gasteiger partial charge in [0, 0.05) is 5.75 Å². The highest BCUT2D eigenvalue weighted by Gasteiger charge is 2.28. The summed E-state index contributed by atoms with van der Waals surface area (Å²) in [4.78, 5) is 35.5. The zero-order valence-corrected chi connectivity index (χ0v) is 16.6. The number of thiol groups is 1. The maximum absolute atomic E-state index is 12.3. The Morgan fingerprint density at radius 3 is 2.36 bits per heavy atom. The van der Waals surface area contributed by atoms with E-state index in [0.29, 0.717) is 0 Å². The molecule has 0 unspecified atom stereocenters. The molecule has 0 aliphatic rings. The number of nitrogens with one attached hydrogen (secondary N) is 2. The minimum atomic E-state index is -1.19. The van der Waals surface area contributed by atoms with Gasteiger partial charge in [0.15, 0.2) is 0 Å². The fourth-order valence-electron chi connectivity index (χ4n) is 2.63. The van der Waals surface area contributed by atoms with Crippen LogP contribution >= 0.6 is 12.6 Å². The van der Waals surface area contributed by atoms with Crippen molar-refractivity contribution in [1.29, 1.82) is 0 Å². The minimum absolute atomic E-state index is 0.0531. The van der Waals surface area contributed by atoms with E-state index in [-0.39, 0.29) is 18.3 Å². The van der Waals surface area contributed by atoms with Crippen molar-refractivity contribution in [3.8, 4) is 0 Å². The molecule has 0 heterocycles. The first-order chi connectivity index (χ1) is 13.3. The van der Waals surface area contributed by atoms with Gasteiger partial charge in [-0.3, -0.25) is 4.79 Å². The SMILES string of the molecule is CC(C)[C@H](NC(=O)OCc1ccc2ccccc2c1)C(=O)N[C@@H](CS)C(=O)O. The summed E-state index contributed by atoms with van der Waals surface area (Å²) in [7, 11) is 0. The van der Waals surface area contributed by atoms with Gasteiger partial charge in [-0.25, -0.2) is 9.59 Å². The van der Waals surface area contributed by atoms with Gasteiger partial charge >= 0.3 is 12.1 Å². The summed E-state index contributed by atoms with van der Waals surface area (Å²) in [6.45, 7) is 3.53. The molecule has 2 aromatic rings. The molecule has 150 valence electrons. The first kappa shape index (κ1) is 21.6. The number of fused-ring (bicyclic) bond motifs is 1. The Labute approximate surface area is 168 Å². The Hall–Kier alpha value is -2.74. The first-order valence-electron chi connectivity index (χ1n) is 8.86. The molecule has 2 atom stereocenters. The quantitative estimate of drug-likeness (QED) is 0.506. The minimum Gasteiger partial charge on any atom is -0.480 e. The van der Waals surface area contributed by atoms with Crippen LogP contribution < -0.4 is 10.6 Å². The molecule has 0 aliphatic carbocycles. The monoisotopic (exact) mass is 404 g/mol. The number of carboxylic acids is 1. The number of rotatable bonds is 8. The summed E-state index contributed by atoms with van der Waals surface area (Å²) < 4.78 is 5.23. The van der Waals surface area contributed by atoms with E-state index in [0.717, 1.165) is 16.3 Å². The zero-order valence-electron chi connectivity index (χ0n) is 15.7. The molecule has 2 amide bonds. The van der Waals surface area contributed by atoms with Gasteiger partial charge in [0.2, 0.25) is 5.91 Å². The van der Waals surface area contributed by atoms with Crippen LogP contribution in [-0.4, -0.2) is 40.9 Å². The molecular weight excluding hydrogens is 380 g/mol. The number of carbonyl (C=O) groups is 3. The van der Waals surface area contributed by atoms with Crippen molar-refractivity contribution < 1.29 is 24.2 Å². The van der Waals surface area contributed by atoms with E-state index in [1.54, 1.807) is 13.8 Å². The second-order valence-corrected chi connectivity index (χ2v) is 7.07. The Balaban J connectivity index is 1.95. The van der Waals surface area contributed by atoms with Crippen LogP contribution in [0.2, 0.25) is 0 Å². The van der Waals surface area contributed by atoms with E-state index < -0.39 is 30.1 Å². The van der Waals surface area contributed by atoms with Crippen molar-refractivity contribution >= 4 is 41.4 Å². The zero-order chi connectivity index (χ0) is 20.7. The molecule has 0 bridgehead atoms. The molecule has 0 spiro atoms. The topological polar surface area (TPSA) is 105 Å². The van der Waals surface area contributed by atoms with Crippen molar-refractivity contribution in [3.05, 3.63) is 48.0 Å². The molecule has 0 aliphatic heterocycles. The normalized spacial score (nSPS) is 13.0. The summed E-state index contributed by atoms with van der Waals surface area (Å²) in [6, 6.07) is 11.5. The van der Waals surface area contributed by atoms with E-state index in [9.17, 15) is 14.4 Å². The lowest BCUT2D eigenvalue weighted by Gasteiger charge is -2.23. The highest BCUT2D eigenvalue weighted by Crippen LogP contribution is 2.16. The molecular formula is C20H24N2O5S. The maximum Gasteiger partial charge on any atom is 0.408 e. The number of carboxylic acid groups (broad SMARTS) is 1. The number of hydrogen-bond donors (Lipinski definition) is 4. The van der Waals surface area contributed by atoms with Gasteiger partial charge in [0.1, 0.15) is 18.7 Å². The van der Waals surface area contributed by atoms with Crippen LogP contribution in [0, 0.1) is 5.92 Å². The molecule has 0 saturated heterocycles. The maximum atomic E-state index is 12.3. The third-order valence-electron chi connectivity index (χ3n) is 4.20. The fraction of sp³-hybridized carbons (Fsp3) is 0.350. The van der Waals surface area contributed by atoms with Crippen molar-refractivity contribution in [3.63, 3.8) is 0 Å². The highest BCUT2D eigenvalue weighted by molar-refractivity contribution is 7.80. The molecule has 0 aromatic heterocycles. The number of amides is 2. The van der Waals surface area contributed by atoms with Crippen molar-refractivity contribution in [2.45, 2.75) is 32.5 Å². The van der Waals surface area contributed by atoms with E-state index in [1.807, 2.05) is 42.5 Å². The fourth-order valence-corrected chi connectivity index (χ4v) is 2.88. The number of carbonyl (C=O) groups excluding carboxylic acids is 2. The smallest absolute Gasteiger partial charge is 0.408 e. The third-order valence-corrected chi connectivity index (χ3v) is 4.57. The average molecular weight is 404 g/mol. The van der Waals surface area contributed by atoms with Gasteiger partial charge in [0.05, 0.1) is 0 Å². The van der Waals surface area contributed by atoms with Gasteiger partial charge in [-0.2, -0.15) is 12.6 Å². The Bertz CT molecular complexity index is 855. The molecule has 0 fully saturated rings. The summed E-state index contributed by atoms with van der Waals surface area (Å²) >= 11 is 3.91. The van der Waals surface area contributed by atoms with Crippen LogP contribution in [-0.2, 0) is 20.9 Å². The van der Waals surface area contributed by atoms with Crippen LogP contribution in [0.1, 0.15) is 19.4 Å². The molecule has 2 rings (SSSR count). The summed E-state index contributed by atoms with van der Waals surface area (Å²) in [5.41, 5.74) is 0.820. The predicted molar refractivity (Wildman–Crippen MR) is 109 cm³/mol.